The summed E-state index contributed by atoms with van der Waals surface area (Å²) >= 11 is 0. The van der Waals surface area contributed by atoms with Crippen LogP contribution < -0.4 is 0 Å². The molecule has 0 aromatic heterocycles. The Morgan fingerprint density at radius 2 is 2.50 bits per heavy atom. The molecule has 1 rings (SSSR count). The van der Waals surface area contributed by atoms with E-state index in [0.29, 0.717) is 5.92 Å². The Kier molecular flexibility index (Phi) is 1.57. The first-order valence-electron chi connectivity index (χ1n) is 2.92. The first kappa shape index (κ1) is 5.68. The molecule has 2 radical (unpaired) electrons. The highest BCUT2D eigenvalue weighted by Crippen LogP contribution is 2.14. The van der Waals surface area contributed by atoms with Gasteiger partial charge in [-0.3, -0.25) is 0 Å². The van der Waals surface area contributed by atoms with Gasteiger partial charge in [0.05, 0.1) is 0 Å². The summed E-state index contributed by atoms with van der Waals surface area (Å²) in [5, 5.41) is 0. The first-order valence-corrected chi connectivity index (χ1v) is 2.92. The summed E-state index contributed by atoms with van der Waals surface area (Å²) in [6, 6.07) is 0. The standard InChI is InChI=1S/C7H9B/c1-6-3-2-4-7(8)5-6/h2-4,6H,5H2,1H3. The molecule has 1 aliphatic carbocycles. The molecular weight excluding hydrogens is 94.9 g/mol. The van der Waals surface area contributed by atoms with Gasteiger partial charge in [0.2, 0.25) is 0 Å². The van der Waals surface area contributed by atoms with Gasteiger partial charge in [-0.2, -0.15) is 0 Å². The van der Waals surface area contributed by atoms with E-state index in [2.05, 4.69) is 13.0 Å². The summed E-state index contributed by atoms with van der Waals surface area (Å²) in [6.45, 7) is 2.16. The smallest absolute Gasteiger partial charge is 0.107 e. The lowest BCUT2D eigenvalue weighted by molar-refractivity contribution is 0.728. The number of rotatable bonds is 0. The highest BCUT2D eigenvalue weighted by molar-refractivity contribution is 6.21. The quantitative estimate of drug-likeness (QED) is 0.409. The topological polar surface area (TPSA) is 0 Å². The highest BCUT2D eigenvalue weighted by Gasteiger charge is 1.99. The van der Waals surface area contributed by atoms with Crippen molar-refractivity contribution >= 4 is 7.85 Å². The van der Waals surface area contributed by atoms with Gasteiger partial charge in [0.15, 0.2) is 0 Å². The van der Waals surface area contributed by atoms with E-state index in [-0.39, 0.29) is 0 Å². The summed E-state index contributed by atoms with van der Waals surface area (Å²) in [5.74, 6) is 0.639. The number of allylic oxidation sites excluding steroid dienone is 4. The van der Waals surface area contributed by atoms with Crippen molar-refractivity contribution < 1.29 is 0 Å². The molecule has 8 heavy (non-hydrogen) atoms. The Morgan fingerprint density at radius 3 is 2.88 bits per heavy atom. The van der Waals surface area contributed by atoms with Crippen LogP contribution in [0.1, 0.15) is 13.3 Å². The maximum atomic E-state index is 5.54. The molecule has 0 nitrogen and oxygen atoms in total. The molecule has 0 amide bonds. The molecule has 0 saturated carbocycles. The van der Waals surface area contributed by atoms with Gasteiger partial charge in [0.25, 0.3) is 0 Å². The highest BCUT2D eigenvalue weighted by atomic mass is 14.0. The van der Waals surface area contributed by atoms with Gasteiger partial charge in [-0.05, 0) is 12.3 Å². The normalized spacial score (nSPS) is 27.6. The van der Waals surface area contributed by atoms with E-state index in [0.717, 1.165) is 11.9 Å². The van der Waals surface area contributed by atoms with Crippen LogP contribution in [0, 0.1) is 5.92 Å². The van der Waals surface area contributed by atoms with Crippen molar-refractivity contribution in [2.75, 3.05) is 0 Å². The SMILES string of the molecule is [B]C1=CC=CC(C)C1. The fraction of sp³-hybridized carbons (Fsp3) is 0.429. The predicted octanol–water partition coefficient (Wildman–Crippen LogP) is 1.63. The minimum atomic E-state index is 0.639. The molecule has 0 bridgehead atoms. The molecule has 0 saturated heterocycles. The van der Waals surface area contributed by atoms with E-state index < -0.39 is 0 Å². The summed E-state index contributed by atoms with van der Waals surface area (Å²) in [5.41, 5.74) is 1.00. The second-order valence-electron chi connectivity index (χ2n) is 2.31. The van der Waals surface area contributed by atoms with Crippen LogP contribution in [0.3, 0.4) is 0 Å². The largest absolute Gasteiger partial charge is 0.117 e. The van der Waals surface area contributed by atoms with Crippen LogP contribution in [-0.2, 0) is 0 Å². The molecule has 0 heterocycles. The van der Waals surface area contributed by atoms with Crippen LogP contribution in [0.2, 0.25) is 0 Å². The Hall–Kier alpha value is -0.455. The van der Waals surface area contributed by atoms with Crippen molar-refractivity contribution in [1.29, 1.82) is 0 Å². The maximum absolute atomic E-state index is 5.54. The molecule has 0 aromatic rings. The molecule has 0 spiro atoms. The van der Waals surface area contributed by atoms with E-state index in [9.17, 15) is 0 Å². The van der Waals surface area contributed by atoms with Crippen molar-refractivity contribution in [2.24, 2.45) is 5.92 Å². The Labute approximate surface area is 51.7 Å². The van der Waals surface area contributed by atoms with Crippen molar-refractivity contribution in [3.63, 3.8) is 0 Å². The van der Waals surface area contributed by atoms with Crippen molar-refractivity contribution in [2.45, 2.75) is 13.3 Å². The second-order valence-corrected chi connectivity index (χ2v) is 2.31. The predicted molar refractivity (Wildman–Crippen MR) is 36.8 cm³/mol. The molecule has 1 atom stereocenters. The van der Waals surface area contributed by atoms with Crippen LogP contribution in [0.5, 0.6) is 0 Å². The molecule has 0 fully saturated rings. The van der Waals surface area contributed by atoms with Crippen LogP contribution in [0.15, 0.2) is 23.7 Å². The van der Waals surface area contributed by atoms with Crippen molar-refractivity contribution in [1.82, 2.24) is 0 Å². The van der Waals surface area contributed by atoms with Crippen LogP contribution in [-0.4, -0.2) is 7.85 Å². The van der Waals surface area contributed by atoms with Crippen LogP contribution in [0.4, 0.5) is 0 Å². The maximum Gasteiger partial charge on any atom is 0.107 e. The minimum absolute atomic E-state index is 0.639. The molecule has 1 unspecified atom stereocenters. The molecular formula is C7H9B. The van der Waals surface area contributed by atoms with Crippen molar-refractivity contribution in [3.05, 3.63) is 23.7 Å². The average molecular weight is 104 g/mol. The zero-order valence-corrected chi connectivity index (χ0v) is 5.09. The summed E-state index contributed by atoms with van der Waals surface area (Å²) in [6.07, 6.45) is 7.16. The van der Waals surface area contributed by atoms with Gasteiger partial charge in [0, 0.05) is 0 Å². The number of hydrogen-bond acceptors (Lipinski definition) is 0. The van der Waals surface area contributed by atoms with Crippen LogP contribution in [0.25, 0.3) is 0 Å². The fourth-order valence-corrected chi connectivity index (χ4v) is 0.877. The Morgan fingerprint density at radius 1 is 1.75 bits per heavy atom. The molecule has 1 aliphatic rings. The van der Waals surface area contributed by atoms with E-state index in [1.54, 1.807) is 0 Å². The Balaban J connectivity index is 2.59. The lowest BCUT2D eigenvalue weighted by Gasteiger charge is -2.09. The monoisotopic (exact) mass is 104 g/mol. The zero-order chi connectivity index (χ0) is 5.98. The molecule has 1 heteroatoms. The molecule has 0 N–H and O–H groups in total. The van der Waals surface area contributed by atoms with E-state index in [1.165, 1.54) is 0 Å². The van der Waals surface area contributed by atoms with E-state index in [1.807, 2.05) is 12.2 Å². The number of hydrogen-bond donors (Lipinski definition) is 0. The van der Waals surface area contributed by atoms with E-state index in [4.69, 9.17) is 7.85 Å². The third-order valence-corrected chi connectivity index (χ3v) is 1.31. The zero-order valence-electron chi connectivity index (χ0n) is 5.09. The summed E-state index contributed by atoms with van der Waals surface area (Å²) in [7, 11) is 5.54. The van der Waals surface area contributed by atoms with E-state index >= 15 is 0 Å². The fourth-order valence-electron chi connectivity index (χ4n) is 0.877. The van der Waals surface area contributed by atoms with Gasteiger partial charge in [-0.25, -0.2) is 0 Å². The van der Waals surface area contributed by atoms with Crippen LogP contribution >= 0.6 is 0 Å². The lowest BCUT2D eigenvalue weighted by atomic mass is 9.84. The Bertz CT molecular complexity index is 133. The van der Waals surface area contributed by atoms with Gasteiger partial charge < -0.3 is 0 Å². The average Bonchev–Trinajstić information content (AvgIpc) is 1.64. The summed E-state index contributed by atoms with van der Waals surface area (Å²) < 4.78 is 0. The van der Waals surface area contributed by atoms with Gasteiger partial charge >= 0.3 is 0 Å². The van der Waals surface area contributed by atoms with Crippen molar-refractivity contribution in [3.8, 4) is 0 Å². The molecule has 40 valence electrons. The van der Waals surface area contributed by atoms with Gasteiger partial charge in [-0.1, -0.05) is 25.2 Å². The third kappa shape index (κ3) is 1.26. The first-order chi connectivity index (χ1) is 3.79. The minimum Gasteiger partial charge on any atom is -0.117 e. The molecule has 0 aromatic carbocycles. The third-order valence-electron chi connectivity index (χ3n) is 1.31. The second kappa shape index (κ2) is 2.21. The molecule has 0 aliphatic heterocycles. The summed E-state index contributed by atoms with van der Waals surface area (Å²) in [4.78, 5) is 0. The van der Waals surface area contributed by atoms with Gasteiger partial charge in [0.1, 0.15) is 7.85 Å². The lowest BCUT2D eigenvalue weighted by Crippen LogP contribution is -1.96. The van der Waals surface area contributed by atoms with Gasteiger partial charge in [-0.15, -0.1) is 5.47 Å².